The van der Waals surface area contributed by atoms with Gasteiger partial charge in [-0.05, 0) is 39.1 Å². The van der Waals surface area contributed by atoms with Crippen LogP contribution in [0.15, 0.2) is 24.3 Å². The van der Waals surface area contributed by atoms with Gasteiger partial charge in [0.05, 0.1) is 5.56 Å². The molecule has 1 aliphatic rings. The molecule has 9 heteroatoms. The van der Waals surface area contributed by atoms with E-state index in [1.807, 2.05) is 26.0 Å². The number of anilines is 4. The Labute approximate surface area is 177 Å². The van der Waals surface area contributed by atoms with Gasteiger partial charge in [0.2, 0.25) is 11.8 Å². The lowest BCUT2D eigenvalue weighted by atomic mass is 10.2. The van der Waals surface area contributed by atoms with Crippen LogP contribution in [0, 0.1) is 0 Å². The zero-order valence-corrected chi connectivity index (χ0v) is 18.0. The number of benzene rings is 1. The number of nitrogens with zero attached hydrogens (tertiary/aromatic N) is 4. The molecule has 2 aromatic rings. The number of hydrogen-bond acceptors (Lipinski definition) is 9. The summed E-state index contributed by atoms with van der Waals surface area (Å²) in [4.78, 5) is 13.2. The topological polar surface area (TPSA) is 109 Å². The highest BCUT2D eigenvalue weighted by Crippen LogP contribution is 2.27. The van der Waals surface area contributed by atoms with Crippen LogP contribution in [0.4, 0.5) is 23.1 Å². The van der Waals surface area contributed by atoms with Crippen LogP contribution in [-0.2, 0) is 15.9 Å². The number of rotatable bonds is 9. The maximum absolute atomic E-state index is 10.4. The second-order valence-electron chi connectivity index (χ2n) is 7.24. The molecule has 1 aliphatic heterocycles. The van der Waals surface area contributed by atoms with Crippen molar-refractivity contribution in [3.8, 4) is 5.88 Å². The number of aromatic hydroxyl groups is 1. The fourth-order valence-corrected chi connectivity index (χ4v) is 3.42. The third kappa shape index (κ3) is 5.71. The number of piperazine rings is 1. The van der Waals surface area contributed by atoms with Crippen molar-refractivity contribution in [2.75, 3.05) is 62.4 Å². The Morgan fingerprint density at radius 3 is 2.47 bits per heavy atom. The average Bonchev–Trinajstić information content (AvgIpc) is 2.72. The molecule has 0 amide bonds. The fraction of sp³-hybridized carbons (Fsp3) is 0.524. The molecular weight excluding hydrogens is 384 g/mol. The Morgan fingerprint density at radius 2 is 1.83 bits per heavy atom. The van der Waals surface area contributed by atoms with Gasteiger partial charge in [0, 0.05) is 57.2 Å². The van der Waals surface area contributed by atoms with Crippen LogP contribution in [0.3, 0.4) is 0 Å². The van der Waals surface area contributed by atoms with Crippen molar-refractivity contribution in [2.45, 2.75) is 26.6 Å². The zero-order chi connectivity index (χ0) is 21.5. The number of nitrogen functional groups attached to an aromatic ring is 1. The third-order valence-corrected chi connectivity index (χ3v) is 5.06. The minimum atomic E-state index is -0.504. The van der Waals surface area contributed by atoms with Gasteiger partial charge in [-0.1, -0.05) is 6.07 Å². The third-order valence-electron chi connectivity index (χ3n) is 5.06. The highest BCUT2D eigenvalue weighted by Gasteiger charge is 2.19. The lowest BCUT2D eigenvalue weighted by Gasteiger charge is -2.34. The normalized spacial score (nSPS) is 15.0. The van der Waals surface area contributed by atoms with Gasteiger partial charge in [-0.15, -0.1) is 0 Å². The maximum atomic E-state index is 10.4. The largest absolute Gasteiger partial charge is 0.493 e. The SMILES string of the molecule is CCOC(Cc1c(N)nc(Nc2cccc(N3CCN(C)CC3)c2)nc1O)OCC. The first-order valence-electron chi connectivity index (χ1n) is 10.4. The second kappa shape index (κ2) is 10.4. The molecule has 4 N–H and O–H groups in total. The van der Waals surface area contributed by atoms with Crippen LogP contribution in [-0.4, -0.2) is 72.7 Å². The summed E-state index contributed by atoms with van der Waals surface area (Å²) in [5.74, 6) is 0.267. The van der Waals surface area contributed by atoms with Gasteiger partial charge >= 0.3 is 0 Å². The summed E-state index contributed by atoms with van der Waals surface area (Å²) in [5.41, 5.74) is 8.49. The van der Waals surface area contributed by atoms with E-state index in [1.165, 1.54) is 0 Å². The molecular formula is C21H32N6O3. The first-order valence-corrected chi connectivity index (χ1v) is 10.4. The van der Waals surface area contributed by atoms with Crippen molar-refractivity contribution in [3.63, 3.8) is 0 Å². The van der Waals surface area contributed by atoms with Crippen molar-refractivity contribution < 1.29 is 14.6 Å². The molecule has 0 bridgehead atoms. The number of nitrogens with two attached hydrogens (primary N) is 1. The smallest absolute Gasteiger partial charge is 0.232 e. The minimum absolute atomic E-state index is 0.176. The molecule has 3 rings (SSSR count). The summed E-state index contributed by atoms with van der Waals surface area (Å²) >= 11 is 0. The average molecular weight is 417 g/mol. The van der Waals surface area contributed by atoms with E-state index in [9.17, 15) is 5.11 Å². The summed E-state index contributed by atoms with van der Waals surface area (Å²) in [6.07, 6.45) is -0.228. The summed E-state index contributed by atoms with van der Waals surface area (Å²) in [6, 6.07) is 8.07. The quantitative estimate of drug-likeness (QED) is 0.530. The van der Waals surface area contributed by atoms with Crippen LogP contribution in [0.25, 0.3) is 0 Å². The molecule has 2 heterocycles. The van der Waals surface area contributed by atoms with Crippen LogP contribution < -0.4 is 16.0 Å². The molecule has 0 radical (unpaired) electrons. The summed E-state index contributed by atoms with van der Waals surface area (Å²) < 4.78 is 11.1. The Bertz CT molecular complexity index is 797. The van der Waals surface area contributed by atoms with E-state index < -0.39 is 6.29 Å². The standard InChI is InChI=1S/C21H32N6O3/c1-4-29-18(30-5-2)14-17-19(22)24-21(25-20(17)28)23-15-7-6-8-16(13-15)27-11-9-26(3)10-12-27/h6-8,13,18H,4-5,9-12,14H2,1-3H3,(H4,22,23,24,25,28). The highest BCUT2D eigenvalue weighted by molar-refractivity contribution is 5.63. The molecule has 1 saturated heterocycles. The Hall–Kier alpha value is -2.62. The highest BCUT2D eigenvalue weighted by atomic mass is 16.7. The van der Waals surface area contributed by atoms with Gasteiger partial charge in [-0.3, -0.25) is 0 Å². The van der Waals surface area contributed by atoms with E-state index >= 15 is 0 Å². The summed E-state index contributed by atoms with van der Waals surface area (Å²) in [5, 5.41) is 13.6. The van der Waals surface area contributed by atoms with Crippen molar-refractivity contribution in [1.29, 1.82) is 0 Å². The molecule has 0 unspecified atom stereocenters. The molecule has 9 nitrogen and oxygen atoms in total. The predicted octanol–water partition coefficient (Wildman–Crippen LogP) is 2.20. The Balaban J connectivity index is 1.72. The first kappa shape index (κ1) is 22.1. The maximum Gasteiger partial charge on any atom is 0.232 e. The van der Waals surface area contributed by atoms with Gasteiger partial charge in [0.25, 0.3) is 0 Å². The number of aromatic nitrogens is 2. The van der Waals surface area contributed by atoms with Gasteiger partial charge in [0.1, 0.15) is 5.82 Å². The number of likely N-dealkylation sites (N-methyl/N-ethyl adjacent to an activating group) is 1. The fourth-order valence-electron chi connectivity index (χ4n) is 3.42. The van der Waals surface area contributed by atoms with Crippen molar-refractivity contribution in [3.05, 3.63) is 29.8 Å². The summed E-state index contributed by atoms with van der Waals surface area (Å²) in [7, 11) is 2.14. The molecule has 164 valence electrons. The van der Waals surface area contributed by atoms with Crippen molar-refractivity contribution >= 4 is 23.1 Å². The minimum Gasteiger partial charge on any atom is -0.493 e. The number of nitrogens with one attached hydrogen (secondary N) is 1. The number of hydrogen-bond donors (Lipinski definition) is 3. The summed E-state index contributed by atoms with van der Waals surface area (Å²) in [6.45, 7) is 8.81. The van der Waals surface area contributed by atoms with Crippen LogP contribution >= 0.6 is 0 Å². The molecule has 1 aromatic carbocycles. The van der Waals surface area contributed by atoms with E-state index in [-0.39, 0.29) is 24.1 Å². The van der Waals surface area contributed by atoms with Crippen LogP contribution in [0.1, 0.15) is 19.4 Å². The molecule has 0 saturated carbocycles. The van der Waals surface area contributed by atoms with E-state index in [0.29, 0.717) is 18.8 Å². The lowest BCUT2D eigenvalue weighted by molar-refractivity contribution is -0.134. The van der Waals surface area contributed by atoms with Crippen LogP contribution in [0.5, 0.6) is 5.88 Å². The molecule has 0 atom stereocenters. The molecule has 0 aliphatic carbocycles. The van der Waals surface area contributed by atoms with E-state index in [0.717, 1.165) is 37.6 Å². The monoisotopic (exact) mass is 416 g/mol. The predicted molar refractivity (Wildman–Crippen MR) is 118 cm³/mol. The van der Waals surface area contributed by atoms with Gasteiger partial charge < -0.3 is 35.4 Å². The lowest BCUT2D eigenvalue weighted by Crippen LogP contribution is -2.44. The number of ether oxygens (including phenoxy) is 2. The van der Waals surface area contributed by atoms with Crippen LogP contribution in [0.2, 0.25) is 0 Å². The van der Waals surface area contributed by atoms with Crippen molar-refractivity contribution in [1.82, 2.24) is 14.9 Å². The molecule has 1 aromatic heterocycles. The van der Waals surface area contributed by atoms with E-state index in [1.54, 1.807) is 0 Å². The molecule has 1 fully saturated rings. The van der Waals surface area contributed by atoms with Gasteiger partial charge in [-0.25, -0.2) is 0 Å². The van der Waals surface area contributed by atoms with E-state index in [2.05, 4.69) is 44.3 Å². The molecule has 30 heavy (non-hydrogen) atoms. The molecule has 0 spiro atoms. The van der Waals surface area contributed by atoms with Gasteiger partial charge in [-0.2, -0.15) is 9.97 Å². The Morgan fingerprint density at radius 1 is 1.13 bits per heavy atom. The first-order chi connectivity index (χ1) is 14.5. The van der Waals surface area contributed by atoms with E-state index in [4.69, 9.17) is 15.2 Å². The van der Waals surface area contributed by atoms with Gasteiger partial charge in [0.15, 0.2) is 6.29 Å². The Kier molecular flexibility index (Phi) is 7.67. The second-order valence-corrected chi connectivity index (χ2v) is 7.24. The zero-order valence-electron chi connectivity index (χ0n) is 18.0. The van der Waals surface area contributed by atoms with Crippen molar-refractivity contribution in [2.24, 2.45) is 0 Å².